The fourth-order valence-electron chi connectivity index (χ4n) is 3.30. The van der Waals surface area contributed by atoms with Crippen LogP contribution in [0, 0.1) is 0 Å². The largest absolute Gasteiger partial charge is 0.497 e. The molecule has 2 N–H and O–H groups in total. The molecule has 0 radical (unpaired) electrons. The zero-order valence-corrected chi connectivity index (χ0v) is 20.9. The predicted octanol–water partition coefficient (Wildman–Crippen LogP) is 4.06. The number of nitrogens with one attached hydrogen (secondary N) is 2. The second kappa shape index (κ2) is 10.6. The smallest absolute Gasteiger partial charge is 0.264 e. The summed E-state index contributed by atoms with van der Waals surface area (Å²) in [6.45, 7) is 5.07. The Hall–Kier alpha value is -3.85. The third kappa shape index (κ3) is 6.60. The summed E-state index contributed by atoms with van der Waals surface area (Å²) in [6, 6.07) is 20.9. The van der Waals surface area contributed by atoms with Crippen molar-refractivity contribution in [3.05, 3.63) is 84.4 Å². The number of carbonyl (C=O) groups is 2. The molecule has 3 aromatic carbocycles. The van der Waals surface area contributed by atoms with E-state index in [2.05, 4.69) is 10.6 Å². The van der Waals surface area contributed by atoms with Crippen LogP contribution in [0.1, 0.15) is 31.1 Å². The topological polar surface area (TPSA) is 105 Å². The third-order valence-corrected chi connectivity index (χ3v) is 6.70. The molecule has 0 fully saturated rings. The van der Waals surface area contributed by atoms with Crippen molar-refractivity contribution in [2.75, 3.05) is 23.3 Å². The van der Waals surface area contributed by atoms with Gasteiger partial charge in [-0.2, -0.15) is 0 Å². The molecule has 8 nitrogen and oxygen atoms in total. The number of nitrogens with zero attached hydrogens (tertiary/aromatic N) is 1. The molecule has 0 aliphatic heterocycles. The van der Waals surface area contributed by atoms with Gasteiger partial charge in [0.25, 0.3) is 15.9 Å². The van der Waals surface area contributed by atoms with Gasteiger partial charge < -0.3 is 15.4 Å². The molecular weight excluding hydrogens is 466 g/mol. The van der Waals surface area contributed by atoms with Crippen molar-refractivity contribution >= 4 is 33.2 Å². The second-order valence-corrected chi connectivity index (χ2v) is 10.7. The molecule has 0 unspecified atom stereocenters. The van der Waals surface area contributed by atoms with Crippen LogP contribution in [-0.4, -0.2) is 39.4 Å². The molecular formula is C26H29N3O5S. The van der Waals surface area contributed by atoms with Crippen LogP contribution in [0.15, 0.2) is 83.8 Å². The van der Waals surface area contributed by atoms with Gasteiger partial charge in [0, 0.05) is 5.54 Å². The Balaban J connectivity index is 1.90. The Kier molecular flexibility index (Phi) is 7.81. The molecule has 0 heterocycles. The highest BCUT2D eigenvalue weighted by molar-refractivity contribution is 7.92. The number of hydrogen-bond donors (Lipinski definition) is 2. The molecule has 0 bridgehead atoms. The average Bonchev–Trinajstić information content (AvgIpc) is 2.82. The molecule has 0 aromatic heterocycles. The molecule has 184 valence electrons. The van der Waals surface area contributed by atoms with Crippen molar-refractivity contribution in [1.29, 1.82) is 0 Å². The summed E-state index contributed by atoms with van der Waals surface area (Å²) >= 11 is 0. The first-order valence-electron chi connectivity index (χ1n) is 10.9. The number of benzene rings is 3. The number of para-hydroxylation sites is 2. The van der Waals surface area contributed by atoms with Gasteiger partial charge in [-0.25, -0.2) is 8.42 Å². The zero-order valence-electron chi connectivity index (χ0n) is 20.1. The van der Waals surface area contributed by atoms with Crippen LogP contribution in [0.5, 0.6) is 5.75 Å². The van der Waals surface area contributed by atoms with E-state index in [1.54, 1.807) is 66.7 Å². The maximum atomic E-state index is 13.5. The highest BCUT2D eigenvalue weighted by atomic mass is 32.2. The van der Waals surface area contributed by atoms with E-state index in [9.17, 15) is 18.0 Å². The Morgan fingerprint density at radius 3 is 2.09 bits per heavy atom. The number of sulfonamides is 1. The quantitative estimate of drug-likeness (QED) is 0.490. The summed E-state index contributed by atoms with van der Waals surface area (Å²) in [5.74, 6) is -0.431. The summed E-state index contributed by atoms with van der Waals surface area (Å²) in [5.41, 5.74) is 0.427. The molecule has 0 aliphatic carbocycles. The Morgan fingerprint density at radius 2 is 1.49 bits per heavy atom. The minimum Gasteiger partial charge on any atom is -0.497 e. The van der Waals surface area contributed by atoms with Crippen LogP contribution in [0.25, 0.3) is 0 Å². The van der Waals surface area contributed by atoms with Crippen molar-refractivity contribution in [1.82, 2.24) is 5.32 Å². The van der Waals surface area contributed by atoms with E-state index in [0.29, 0.717) is 11.4 Å². The Bertz CT molecular complexity index is 1280. The average molecular weight is 496 g/mol. The number of anilines is 2. The van der Waals surface area contributed by atoms with Gasteiger partial charge in [0.1, 0.15) is 12.3 Å². The summed E-state index contributed by atoms with van der Waals surface area (Å²) in [7, 11) is -2.59. The molecule has 3 aromatic rings. The first-order chi connectivity index (χ1) is 16.5. The van der Waals surface area contributed by atoms with E-state index in [1.165, 1.54) is 19.2 Å². The maximum Gasteiger partial charge on any atom is 0.264 e. The summed E-state index contributed by atoms with van der Waals surface area (Å²) in [5, 5.41) is 5.56. The van der Waals surface area contributed by atoms with Gasteiger partial charge in [-0.3, -0.25) is 13.9 Å². The van der Waals surface area contributed by atoms with E-state index in [0.717, 1.165) is 4.31 Å². The van der Waals surface area contributed by atoms with Crippen LogP contribution in [0.4, 0.5) is 11.4 Å². The molecule has 9 heteroatoms. The van der Waals surface area contributed by atoms with Gasteiger partial charge in [-0.1, -0.05) is 30.3 Å². The summed E-state index contributed by atoms with van der Waals surface area (Å²) < 4.78 is 33.1. The Morgan fingerprint density at radius 1 is 0.886 bits per heavy atom. The zero-order chi connectivity index (χ0) is 25.6. The van der Waals surface area contributed by atoms with Crippen molar-refractivity contribution in [3.8, 4) is 5.75 Å². The second-order valence-electron chi connectivity index (χ2n) is 8.82. The molecule has 2 amide bonds. The minimum absolute atomic E-state index is 0.0138. The van der Waals surface area contributed by atoms with Gasteiger partial charge in [0.15, 0.2) is 0 Å². The van der Waals surface area contributed by atoms with E-state index in [1.807, 2.05) is 20.8 Å². The standard InChI is InChI=1S/C26H29N3O5S/c1-26(2,3)28-25(31)22-12-8-9-13-23(22)27-24(30)18-29(19-10-6-5-7-11-19)35(32,33)21-16-14-20(34-4)15-17-21/h5-17H,18H2,1-4H3,(H,27,30)(H,28,31). The highest BCUT2D eigenvalue weighted by Crippen LogP contribution is 2.25. The number of rotatable bonds is 8. The fraction of sp³-hybridized carbons (Fsp3) is 0.231. The lowest BCUT2D eigenvalue weighted by Crippen LogP contribution is -2.41. The normalized spacial score (nSPS) is 11.4. The van der Waals surface area contributed by atoms with Crippen LogP contribution in [-0.2, 0) is 14.8 Å². The lowest BCUT2D eigenvalue weighted by molar-refractivity contribution is -0.114. The number of carbonyl (C=O) groups excluding carboxylic acids is 2. The number of methoxy groups -OCH3 is 1. The van der Waals surface area contributed by atoms with E-state index < -0.39 is 28.0 Å². The lowest BCUT2D eigenvalue weighted by Gasteiger charge is -2.25. The van der Waals surface area contributed by atoms with Crippen molar-refractivity contribution in [2.24, 2.45) is 0 Å². The number of hydrogen-bond acceptors (Lipinski definition) is 5. The first kappa shape index (κ1) is 25.8. The molecule has 3 rings (SSSR count). The molecule has 0 spiro atoms. The van der Waals surface area contributed by atoms with Gasteiger partial charge in [0.2, 0.25) is 5.91 Å². The number of amides is 2. The monoisotopic (exact) mass is 495 g/mol. The van der Waals surface area contributed by atoms with Crippen molar-refractivity contribution in [3.63, 3.8) is 0 Å². The molecule has 0 atom stereocenters. The van der Waals surface area contributed by atoms with Crippen LogP contribution >= 0.6 is 0 Å². The fourth-order valence-corrected chi connectivity index (χ4v) is 4.72. The van der Waals surface area contributed by atoms with Crippen LogP contribution < -0.4 is 19.7 Å². The maximum absolute atomic E-state index is 13.5. The molecule has 0 aliphatic rings. The van der Waals surface area contributed by atoms with Crippen LogP contribution in [0.3, 0.4) is 0 Å². The lowest BCUT2D eigenvalue weighted by atomic mass is 10.1. The highest BCUT2D eigenvalue weighted by Gasteiger charge is 2.28. The summed E-state index contributed by atoms with van der Waals surface area (Å²) in [4.78, 5) is 25.8. The first-order valence-corrected chi connectivity index (χ1v) is 12.4. The molecule has 35 heavy (non-hydrogen) atoms. The summed E-state index contributed by atoms with van der Waals surface area (Å²) in [6.07, 6.45) is 0. The van der Waals surface area contributed by atoms with E-state index >= 15 is 0 Å². The van der Waals surface area contributed by atoms with Gasteiger partial charge >= 0.3 is 0 Å². The van der Waals surface area contributed by atoms with E-state index in [-0.39, 0.29) is 22.1 Å². The van der Waals surface area contributed by atoms with Gasteiger partial charge in [0.05, 0.1) is 28.9 Å². The Labute approximate surface area is 206 Å². The number of ether oxygens (including phenoxy) is 1. The van der Waals surface area contributed by atoms with E-state index in [4.69, 9.17) is 4.74 Å². The molecule has 0 saturated heterocycles. The van der Waals surface area contributed by atoms with Crippen molar-refractivity contribution < 1.29 is 22.7 Å². The van der Waals surface area contributed by atoms with Crippen LogP contribution in [0.2, 0.25) is 0 Å². The minimum atomic E-state index is -4.08. The molecule has 0 saturated carbocycles. The van der Waals surface area contributed by atoms with Crippen molar-refractivity contribution in [2.45, 2.75) is 31.2 Å². The third-order valence-electron chi connectivity index (χ3n) is 4.91. The predicted molar refractivity (Wildman–Crippen MR) is 136 cm³/mol. The van der Waals surface area contributed by atoms with Gasteiger partial charge in [-0.05, 0) is 69.3 Å². The van der Waals surface area contributed by atoms with Gasteiger partial charge in [-0.15, -0.1) is 0 Å². The SMILES string of the molecule is COc1ccc(S(=O)(=O)N(CC(=O)Nc2ccccc2C(=O)NC(C)(C)C)c2ccccc2)cc1.